The molecule has 0 saturated carbocycles. The van der Waals surface area contributed by atoms with E-state index >= 15 is 0 Å². The molecule has 0 aliphatic heterocycles. The van der Waals surface area contributed by atoms with Gasteiger partial charge in [-0.1, -0.05) is 20.8 Å². The van der Waals surface area contributed by atoms with E-state index in [1.807, 2.05) is 5.25 Å². The zero-order chi connectivity index (χ0) is 11.4. The van der Waals surface area contributed by atoms with Gasteiger partial charge >= 0.3 is 0 Å². The van der Waals surface area contributed by atoms with Gasteiger partial charge in [-0.05, 0) is 0 Å². The molecule has 14 heavy (non-hydrogen) atoms. The molecule has 0 aromatic carbocycles. The molecule has 0 amide bonds. The van der Waals surface area contributed by atoms with Gasteiger partial charge < -0.3 is 9.79 Å². The van der Waals surface area contributed by atoms with Gasteiger partial charge in [-0.2, -0.15) is 12.6 Å². The molecule has 0 bridgehead atoms. The maximum absolute atomic E-state index is 11.6. The first-order chi connectivity index (χ1) is 6.29. The van der Waals surface area contributed by atoms with Crippen molar-refractivity contribution >= 4 is 26.9 Å². The van der Waals surface area contributed by atoms with Crippen LogP contribution >= 0.6 is 21.2 Å². The van der Waals surface area contributed by atoms with Gasteiger partial charge in [0.25, 0.3) is 8.53 Å². The Kier molecular flexibility index (Phi) is 6.12. The summed E-state index contributed by atoms with van der Waals surface area (Å²) in [5.41, 5.74) is -0.539. The minimum absolute atomic E-state index is 0.142. The molecule has 0 aliphatic carbocycles. The number of thiol groups is 1. The number of Topliss-reactive ketones (excluding diaryl/α,β-unsaturated/α-hetero) is 1. The lowest BCUT2D eigenvalue weighted by Gasteiger charge is -2.23. The number of hydrogen-bond donors (Lipinski definition) is 4. The fourth-order valence-electron chi connectivity index (χ4n) is 0.767. The van der Waals surface area contributed by atoms with Gasteiger partial charge in [-0.3, -0.25) is 9.63 Å². The maximum atomic E-state index is 11.6. The van der Waals surface area contributed by atoms with Crippen molar-refractivity contribution < 1.29 is 19.4 Å². The van der Waals surface area contributed by atoms with Crippen LogP contribution in [0.5, 0.6) is 0 Å². The highest BCUT2D eigenvalue weighted by molar-refractivity contribution is 7.80. The van der Waals surface area contributed by atoms with E-state index in [2.05, 4.69) is 12.6 Å². The van der Waals surface area contributed by atoms with Gasteiger partial charge in [-0.25, -0.2) is 0 Å². The second-order valence-electron chi connectivity index (χ2n) is 3.78. The van der Waals surface area contributed by atoms with Gasteiger partial charge in [0.2, 0.25) is 0 Å². The quantitative estimate of drug-likeness (QED) is 0.322. The second-order valence-corrected chi connectivity index (χ2v) is 4.91. The molecule has 5 nitrogen and oxygen atoms in total. The first kappa shape index (κ1) is 14.3. The molecule has 0 spiro atoms. The summed E-state index contributed by atoms with van der Waals surface area (Å²) in [4.78, 5) is 33.5. The summed E-state index contributed by atoms with van der Waals surface area (Å²) in [5.74, 6) is 0.0450. The molecular weight excluding hydrogens is 225 g/mol. The smallest absolute Gasteiger partial charge is 0.275 e. The van der Waals surface area contributed by atoms with Crippen molar-refractivity contribution in [1.82, 2.24) is 5.25 Å². The molecule has 3 N–H and O–H groups in total. The Bertz CT molecular complexity index is 195. The minimum Gasteiger partial charge on any atom is -0.337 e. The molecule has 0 heterocycles. The lowest BCUT2D eigenvalue weighted by molar-refractivity contribution is -0.139. The third-order valence-electron chi connectivity index (χ3n) is 1.47. The molecule has 0 aliphatic rings. The monoisotopic (exact) mass is 241 g/mol. The van der Waals surface area contributed by atoms with Crippen LogP contribution in [-0.2, 0) is 9.63 Å². The third-order valence-corrected chi connectivity index (χ3v) is 2.07. The van der Waals surface area contributed by atoms with Gasteiger partial charge in [0.1, 0.15) is 6.10 Å². The molecular formula is C7H16NO4PS. The summed E-state index contributed by atoms with van der Waals surface area (Å²) in [6.07, 6.45) is -0.775. The molecule has 0 fully saturated rings. The average molecular weight is 241 g/mol. The Hall–Kier alpha value is 0.290. The Morgan fingerprint density at radius 3 is 2.36 bits per heavy atom. The number of rotatable bonds is 5. The first-order valence-electron chi connectivity index (χ1n) is 4.03. The van der Waals surface area contributed by atoms with Crippen molar-refractivity contribution in [1.29, 1.82) is 0 Å². The highest BCUT2D eigenvalue weighted by Crippen LogP contribution is 2.21. The standard InChI is InChI=1S/C7H16NO4PS/c1-7(2,3)6(9)5(4-14)12-8-13(10)11/h5,8,10-11,14H,4H2,1-3H3/t5-/m1/s1. The molecule has 0 saturated heterocycles. The fraction of sp³-hybridized carbons (Fsp3) is 0.857. The molecule has 7 heteroatoms. The molecule has 1 atom stereocenters. The lowest BCUT2D eigenvalue weighted by Crippen LogP contribution is -2.38. The lowest BCUT2D eigenvalue weighted by atomic mass is 9.88. The van der Waals surface area contributed by atoms with Gasteiger partial charge in [-0.15, -0.1) is 5.25 Å². The van der Waals surface area contributed by atoms with E-state index in [1.165, 1.54) is 0 Å². The normalized spacial score (nSPS) is 14.5. The van der Waals surface area contributed by atoms with E-state index in [9.17, 15) is 4.79 Å². The van der Waals surface area contributed by atoms with E-state index in [4.69, 9.17) is 14.6 Å². The zero-order valence-electron chi connectivity index (χ0n) is 8.39. The molecule has 0 radical (unpaired) electrons. The fourth-order valence-corrected chi connectivity index (χ4v) is 1.23. The predicted molar refractivity (Wildman–Crippen MR) is 57.7 cm³/mol. The summed E-state index contributed by atoms with van der Waals surface area (Å²) in [6.45, 7) is 5.28. The van der Waals surface area contributed by atoms with E-state index in [-0.39, 0.29) is 11.5 Å². The number of hydrogen-bond acceptors (Lipinski definition) is 6. The van der Waals surface area contributed by atoms with Crippen LogP contribution in [0.4, 0.5) is 0 Å². The molecule has 84 valence electrons. The van der Waals surface area contributed by atoms with Crippen molar-refractivity contribution in [2.45, 2.75) is 26.9 Å². The first-order valence-corrected chi connectivity index (χ1v) is 5.91. The van der Waals surface area contributed by atoms with Crippen molar-refractivity contribution in [3.63, 3.8) is 0 Å². The van der Waals surface area contributed by atoms with Crippen molar-refractivity contribution in [3.8, 4) is 0 Å². The van der Waals surface area contributed by atoms with Crippen LogP contribution in [0, 0.1) is 5.41 Å². The summed E-state index contributed by atoms with van der Waals surface area (Å²) in [6, 6.07) is 0. The Morgan fingerprint density at radius 2 is 2.07 bits per heavy atom. The van der Waals surface area contributed by atoms with E-state index < -0.39 is 20.0 Å². The predicted octanol–water partition coefficient (Wildman–Crippen LogP) is 0.633. The molecule has 0 aromatic rings. The minimum atomic E-state index is -2.36. The second kappa shape index (κ2) is 6.00. The summed E-state index contributed by atoms with van der Waals surface area (Å²) in [7, 11) is -2.36. The van der Waals surface area contributed by atoms with Crippen LogP contribution in [-0.4, -0.2) is 27.4 Å². The zero-order valence-corrected chi connectivity index (χ0v) is 10.2. The van der Waals surface area contributed by atoms with E-state index in [1.54, 1.807) is 20.8 Å². The number of carbonyl (C=O) groups is 1. The Labute approximate surface area is 90.2 Å². The SMILES string of the molecule is CC(C)(C)C(=O)[C@@H](CS)ONP(O)O. The molecule has 0 unspecified atom stereocenters. The maximum Gasteiger partial charge on any atom is 0.275 e. The largest absolute Gasteiger partial charge is 0.337 e. The third kappa shape index (κ3) is 5.24. The van der Waals surface area contributed by atoms with Gasteiger partial charge in [0.15, 0.2) is 5.78 Å². The highest BCUT2D eigenvalue weighted by atomic mass is 32.1. The summed E-state index contributed by atoms with van der Waals surface area (Å²) in [5, 5.41) is 1.96. The Morgan fingerprint density at radius 1 is 1.57 bits per heavy atom. The molecule has 0 rings (SSSR count). The average Bonchev–Trinajstić information content (AvgIpc) is 2.03. The van der Waals surface area contributed by atoms with Crippen LogP contribution in [0.25, 0.3) is 0 Å². The van der Waals surface area contributed by atoms with Gasteiger partial charge in [0, 0.05) is 11.2 Å². The van der Waals surface area contributed by atoms with Crippen molar-refractivity contribution in [3.05, 3.63) is 0 Å². The Balaban J connectivity index is 4.21. The van der Waals surface area contributed by atoms with Crippen LogP contribution in [0.3, 0.4) is 0 Å². The summed E-state index contributed by atoms with van der Waals surface area (Å²) >= 11 is 3.95. The number of carbonyl (C=O) groups excluding carboxylic acids is 1. The van der Waals surface area contributed by atoms with Crippen LogP contribution in [0.1, 0.15) is 20.8 Å². The van der Waals surface area contributed by atoms with Crippen molar-refractivity contribution in [2.24, 2.45) is 5.41 Å². The number of ketones is 1. The van der Waals surface area contributed by atoms with Crippen LogP contribution in [0.15, 0.2) is 0 Å². The van der Waals surface area contributed by atoms with E-state index in [0.29, 0.717) is 0 Å². The molecule has 0 aromatic heterocycles. The van der Waals surface area contributed by atoms with Crippen LogP contribution < -0.4 is 5.25 Å². The number of nitrogens with one attached hydrogen (secondary N) is 1. The summed E-state index contributed by atoms with van der Waals surface area (Å²) < 4.78 is 0. The van der Waals surface area contributed by atoms with Crippen molar-refractivity contribution in [2.75, 3.05) is 5.75 Å². The topological polar surface area (TPSA) is 78.8 Å². The van der Waals surface area contributed by atoms with E-state index in [0.717, 1.165) is 0 Å². The van der Waals surface area contributed by atoms with Crippen LogP contribution in [0.2, 0.25) is 0 Å². The highest BCUT2D eigenvalue weighted by Gasteiger charge is 2.30. The van der Waals surface area contributed by atoms with Gasteiger partial charge in [0.05, 0.1) is 0 Å².